The van der Waals surface area contributed by atoms with Gasteiger partial charge in [0.1, 0.15) is 5.76 Å². The van der Waals surface area contributed by atoms with Crippen molar-refractivity contribution in [2.75, 3.05) is 11.9 Å². The van der Waals surface area contributed by atoms with E-state index in [2.05, 4.69) is 62.9 Å². The number of allylic oxidation sites excluding steroid dienone is 8. The van der Waals surface area contributed by atoms with Crippen LogP contribution in [0.2, 0.25) is 0 Å². The van der Waals surface area contributed by atoms with Crippen molar-refractivity contribution in [3.8, 4) is 0 Å². The molecule has 244 valence electrons. The van der Waals surface area contributed by atoms with E-state index in [0.717, 1.165) is 29.0 Å². The predicted octanol–water partition coefficient (Wildman–Crippen LogP) is 11.8. The van der Waals surface area contributed by atoms with Gasteiger partial charge < -0.3 is 9.64 Å². The zero-order valence-electron chi connectivity index (χ0n) is 23.9. The SMILES string of the molecule is C.C.C.C.C.C.CC.CC1=C(C2=Nc3ccccc3C2)C(=O)OC1=CC=CC=CC=C1Cc2c(C)c(C)c(C)c(C)c2N1C. The molecular weight excluding hydrogens is 540 g/mol. The molecule has 0 atom stereocenters. The average molecular weight is 603 g/mol. The van der Waals surface area contributed by atoms with Gasteiger partial charge in [-0.2, -0.15) is 0 Å². The third kappa shape index (κ3) is 8.16. The highest BCUT2D eigenvalue weighted by atomic mass is 16.5. The molecule has 0 bridgehead atoms. The van der Waals surface area contributed by atoms with E-state index in [0.29, 0.717) is 17.8 Å². The van der Waals surface area contributed by atoms with Crippen LogP contribution >= 0.6 is 0 Å². The van der Waals surface area contributed by atoms with Gasteiger partial charge in [0.2, 0.25) is 0 Å². The van der Waals surface area contributed by atoms with Crippen molar-refractivity contribution >= 4 is 23.1 Å². The zero-order chi connectivity index (χ0) is 27.6. The Hall–Kier alpha value is -3.92. The lowest BCUT2D eigenvalue weighted by atomic mass is 9.92. The fraction of sp³-hybridized carbons (Fsp3) is 0.400. The maximum atomic E-state index is 12.6. The molecule has 3 heterocycles. The normalized spacial score (nSPS) is 16.0. The smallest absolute Gasteiger partial charge is 0.345 e. The molecule has 3 aliphatic rings. The first-order chi connectivity index (χ1) is 18.3. The van der Waals surface area contributed by atoms with E-state index in [9.17, 15) is 4.79 Å². The van der Waals surface area contributed by atoms with Gasteiger partial charge in [-0.05, 0) is 86.2 Å². The van der Waals surface area contributed by atoms with Gasteiger partial charge in [0.05, 0.1) is 17.0 Å². The van der Waals surface area contributed by atoms with Gasteiger partial charge in [-0.1, -0.05) is 101 Å². The van der Waals surface area contributed by atoms with Crippen LogP contribution in [-0.2, 0) is 22.4 Å². The van der Waals surface area contributed by atoms with Gasteiger partial charge in [-0.15, -0.1) is 0 Å². The molecule has 0 unspecified atom stereocenters. The van der Waals surface area contributed by atoms with Crippen molar-refractivity contribution in [3.05, 3.63) is 117 Å². The molecule has 3 aliphatic heterocycles. The van der Waals surface area contributed by atoms with Gasteiger partial charge in [0.15, 0.2) is 0 Å². The summed E-state index contributed by atoms with van der Waals surface area (Å²) < 4.78 is 5.55. The van der Waals surface area contributed by atoms with Crippen LogP contribution in [0.15, 0.2) is 88.3 Å². The quantitative estimate of drug-likeness (QED) is 0.258. The van der Waals surface area contributed by atoms with Gasteiger partial charge in [0, 0.05) is 36.8 Å². The molecule has 2 aromatic rings. The summed E-state index contributed by atoms with van der Waals surface area (Å²) in [5, 5.41) is 0. The minimum absolute atomic E-state index is 0. The fourth-order valence-electron chi connectivity index (χ4n) is 5.37. The number of esters is 1. The minimum atomic E-state index is -0.320. The third-order valence-electron chi connectivity index (χ3n) is 7.82. The van der Waals surface area contributed by atoms with Crippen LogP contribution in [0.4, 0.5) is 11.4 Å². The second kappa shape index (κ2) is 18.7. The summed E-state index contributed by atoms with van der Waals surface area (Å²) in [7, 11) is 2.15. The van der Waals surface area contributed by atoms with Crippen LogP contribution < -0.4 is 4.90 Å². The molecule has 4 heteroatoms. The summed E-state index contributed by atoms with van der Waals surface area (Å²) in [6, 6.07) is 7.99. The van der Waals surface area contributed by atoms with Gasteiger partial charge >= 0.3 is 5.97 Å². The van der Waals surface area contributed by atoms with Crippen LogP contribution in [0.3, 0.4) is 0 Å². The van der Waals surface area contributed by atoms with Crippen molar-refractivity contribution in [2.24, 2.45) is 4.99 Å². The molecule has 0 fully saturated rings. The summed E-state index contributed by atoms with van der Waals surface area (Å²) in [5.41, 5.74) is 13.9. The van der Waals surface area contributed by atoms with Crippen LogP contribution in [0, 0.1) is 27.7 Å². The number of carbonyl (C=O) groups excluding carboxylic acids is 1. The number of hydrogen-bond acceptors (Lipinski definition) is 4. The number of benzene rings is 2. The highest BCUT2D eigenvalue weighted by molar-refractivity contribution is 6.24. The van der Waals surface area contributed by atoms with Crippen molar-refractivity contribution in [2.45, 2.75) is 106 Å². The van der Waals surface area contributed by atoms with E-state index in [1.807, 2.05) is 63.3 Å². The minimum Gasteiger partial charge on any atom is -0.423 e. The fourth-order valence-corrected chi connectivity index (χ4v) is 5.37. The number of cyclic esters (lactones) is 1. The highest BCUT2D eigenvalue weighted by Gasteiger charge is 2.32. The van der Waals surface area contributed by atoms with Crippen molar-refractivity contribution in [3.63, 3.8) is 0 Å². The Morgan fingerprint density at radius 2 is 1.32 bits per heavy atom. The maximum Gasteiger partial charge on any atom is 0.345 e. The molecule has 0 aliphatic carbocycles. The first-order valence-electron chi connectivity index (χ1n) is 13.4. The van der Waals surface area contributed by atoms with E-state index in [-0.39, 0.29) is 50.5 Å². The summed E-state index contributed by atoms with van der Waals surface area (Å²) in [4.78, 5) is 19.6. The number of anilines is 1. The van der Waals surface area contributed by atoms with Gasteiger partial charge in [0.25, 0.3) is 0 Å². The predicted molar refractivity (Wildman–Crippen MR) is 200 cm³/mol. The van der Waals surface area contributed by atoms with Crippen LogP contribution in [0.5, 0.6) is 0 Å². The lowest BCUT2D eigenvalue weighted by molar-refractivity contribution is -0.132. The van der Waals surface area contributed by atoms with Crippen molar-refractivity contribution in [1.29, 1.82) is 0 Å². The molecule has 5 rings (SSSR count). The van der Waals surface area contributed by atoms with E-state index in [1.54, 1.807) is 0 Å². The molecule has 0 amide bonds. The number of ether oxygens (including phenoxy) is 1. The average Bonchev–Trinajstić information content (AvgIpc) is 3.57. The lowest BCUT2D eigenvalue weighted by Crippen LogP contribution is -2.12. The Labute approximate surface area is 271 Å². The summed E-state index contributed by atoms with van der Waals surface area (Å²) in [5.74, 6) is 0.262. The molecule has 44 heavy (non-hydrogen) atoms. The van der Waals surface area contributed by atoms with Crippen molar-refractivity contribution < 1.29 is 9.53 Å². The molecule has 0 aromatic heterocycles. The molecule has 2 aromatic carbocycles. The molecule has 0 saturated heterocycles. The second-order valence-electron chi connectivity index (χ2n) is 9.78. The zero-order valence-corrected chi connectivity index (χ0v) is 23.9. The highest BCUT2D eigenvalue weighted by Crippen LogP contribution is 2.41. The second-order valence-corrected chi connectivity index (χ2v) is 9.78. The number of aliphatic imine (C=N–C) groups is 1. The molecular formula is C40H62N2O2. The number of nitrogens with zero attached hydrogens (tertiary/aromatic N) is 2. The summed E-state index contributed by atoms with van der Waals surface area (Å²) in [6.45, 7) is 14.8. The number of fused-ring (bicyclic) bond motifs is 2. The van der Waals surface area contributed by atoms with Crippen LogP contribution in [-0.4, -0.2) is 18.7 Å². The standard InChI is InChI=1S/C32H32N2O2.C2H6.6CH4/c1-19-20(2)22(4)31-26(21(19)3)18-25(34(31)6)14-9-7-8-10-16-29-23(5)30(32(35)36-29)28-17-24-13-11-12-15-27(24)33-28;1-2;;;;;;/h7-16H,17-18H2,1-6H3;1-2H3;6*1H4. The topological polar surface area (TPSA) is 41.9 Å². The van der Waals surface area contributed by atoms with Crippen molar-refractivity contribution in [1.82, 2.24) is 0 Å². The lowest BCUT2D eigenvalue weighted by Gasteiger charge is -2.20. The summed E-state index contributed by atoms with van der Waals surface area (Å²) in [6.07, 6.45) is 13.6. The Bertz CT molecular complexity index is 1480. The van der Waals surface area contributed by atoms with Crippen LogP contribution in [0.1, 0.15) is 98.7 Å². The number of para-hydroxylation sites is 1. The van der Waals surface area contributed by atoms with E-state index < -0.39 is 0 Å². The van der Waals surface area contributed by atoms with Gasteiger partial charge in [-0.25, -0.2) is 4.79 Å². The monoisotopic (exact) mass is 602 g/mol. The largest absolute Gasteiger partial charge is 0.423 e. The maximum absolute atomic E-state index is 12.6. The van der Waals surface area contributed by atoms with E-state index in [1.165, 1.54) is 39.2 Å². The number of carbonyl (C=O) groups is 1. The Balaban J connectivity index is -0.00000206. The first-order valence-corrected chi connectivity index (χ1v) is 13.4. The first kappa shape index (κ1) is 44.5. The molecule has 0 spiro atoms. The Morgan fingerprint density at radius 3 is 1.93 bits per heavy atom. The van der Waals surface area contributed by atoms with E-state index in [4.69, 9.17) is 4.74 Å². The molecule has 4 nitrogen and oxygen atoms in total. The number of likely N-dealkylation sites (N-methyl/N-ethyl adjacent to an activating group) is 1. The van der Waals surface area contributed by atoms with E-state index >= 15 is 0 Å². The number of rotatable bonds is 4. The van der Waals surface area contributed by atoms with Gasteiger partial charge in [-0.3, -0.25) is 4.99 Å². The molecule has 0 N–H and O–H groups in total. The number of hydrogen-bond donors (Lipinski definition) is 0. The van der Waals surface area contributed by atoms with Crippen LogP contribution in [0.25, 0.3) is 0 Å². The summed E-state index contributed by atoms with van der Waals surface area (Å²) >= 11 is 0. The molecule has 0 saturated carbocycles. The Kier molecular flexibility index (Phi) is 18.9. The third-order valence-corrected chi connectivity index (χ3v) is 7.82. The Morgan fingerprint density at radius 1 is 0.750 bits per heavy atom. The molecule has 0 radical (unpaired) electrons.